The van der Waals surface area contributed by atoms with Gasteiger partial charge in [-0.3, -0.25) is 9.13 Å². The summed E-state index contributed by atoms with van der Waals surface area (Å²) in [5.74, 6) is 0.854. The highest BCUT2D eigenvalue weighted by Crippen LogP contribution is 2.41. The van der Waals surface area contributed by atoms with Crippen LogP contribution < -0.4 is 18.9 Å². The van der Waals surface area contributed by atoms with E-state index in [4.69, 9.17) is 51.6 Å². The van der Waals surface area contributed by atoms with Gasteiger partial charge in [-0.1, -0.05) is 37.0 Å². The standard InChI is InChI=1S/2C23H30ClN7O5S/c2*1-13(19-25-8-16(24)9-26-19)14(2)37(32,33)11-17-29-30-20(15-7-23(3,4)36-10-15)31(17)18-21(34-5)27-12-28-22(18)35-6/h2*8-9,12-15H,7,10-11H2,1-6H3/t13-,14-,15+;13-,14-,15-/m00/s1. The number of ether oxygens (including phenoxy) is 6. The first-order valence-electron chi connectivity index (χ1n) is 23.4. The minimum absolute atomic E-state index is 0.146. The van der Waals surface area contributed by atoms with Crippen LogP contribution in [0.25, 0.3) is 11.4 Å². The maximum Gasteiger partial charge on any atom is 0.245 e. The van der Waals surface area contributed by atoms with Crippen LogP contribution in [0.15, 0.2) is 37.4 Å². The third-order valence-corrected chi connectivity index (χ3v) is 17.9. The van der Waals surface area contributed by atoms with Crippen LogP contribution in [0.4, 0.5) is 0 Å². The fraction of sp³-hybridized carbons (Fsp3) is 0.565. The number of methoxy groups -OCH3 is 4. The maximum atomic E-state index is 13.6. The predicted molar refractivity (Wildman–Crippen MR) is 270 cm³/mol. The Hall–Kier alpha value is -5.80. The van der Waals surface area contributed by atoms with Crippen LogP contribution in [0.2, 0.25) is 10.0 Å². The van der Waals surface area contributed by atoms with E-state index in [0.29, 0.717) is 70.8 Å². The number of nitrogens with zero attached hydrogens (tertiary/aromatic N) is 14. The predicted octanol–water partition coefficient (Wildman–Crippen LogP) is 5.81. The fourth-order valence-corrected chi connectivity index (χ4v) is 12.0. The first-order valence-corrected chi connectivity index (χ1v) is 27.5. The first kappa shape index (κ1) is 55.9. The zero-order valence-corrected chi connectivity index (χ0v) is 46.2. The molecule has 6 aromatic rings. The van der Waals surface area contributed by atoms with Crippen molar-refractivity contribution in [3.05, 3.63) is 82.4 Å². The highest BCUT2D eigenvalue weighted by Gasteiger charge is 2.41. The van der Waals surface area contributed by atoms with Gasteiger partial charge in [-0.05, 0) is 54.4 Å². The van der Waals surface area contributed by atoms with E-state index in [1.807, 2.05) is 27.7 Å². The molecule has 0 spiro atoms. The van der Waals surface area contributed by atoms with Crippen LogP contribution in [-0.4, -0.2) is 150 Å². The molecule has 0 bridgehead atoms. The molecule has 2 fully saturated rings. The van der Waals surface area contributed by atoms with E-state index >= 15 is 0 Å². The molecule has 0 amide bonds. The number of sulfone groups is 2. The van der Waals surface area contributed by atoms with E-state index < -0.39 is 53.5 Å². The van der Waals surface area contributed by atoms with Gasteiger partial charge in [0.25, 0.3) is 0 Å². The molecule has 74 heavy (non-hydrogen) atoms. The zero-order chi connectivity index (χ0) is 53.9. The second-order valence-electron chi connectivity index (χ2n) is 19.2. The van der Waals surface area contributed by atoms with Crippen LogP contribution in [-0.2, 0) is 40.7 Å². The summed E-state index contributed by atoms with van der Waals surface area (Å²) in [6.45, 7) is 15.5. The molecular formula is C46H60Cl2N14O10S2. The van der Waals surface area contributed by atoms with Gasteiger partial charge in [-0.25, -0.2) is 36.8 Å². The smallest absolute Gasteiger partial charge is 0.245 e. The summed E-state index contributed by atoms with van der Waals surface area (Å²) in [5.41, 5.74) is -0.0805. The van der Waals surface area contributed by atoms with E-state index in [1.165, 1.54) is 65.9 Å². The lowest BCUT2D eigenvalue weighted by Gasteiger charge is -2.21. The molecular weight excluding hydrogens is 1040 g/mol. The van der Waals surface area contributed by atoms with Crippen molar-refractivity contribution in [2.24, 2.45) is 0 Å². The van der Waals surface area contributed by atoms with E-state index in [1.54, 1.807) is 36.8 Å². The topological polar surface area (TPSA) is 288 Å². The van der Waals surface area contributed by atoms with Crippen LogP contribution in [0.5, 0.6) is 23.5 Å². The summed E-state index contributed by atoms with van der Waals surface area (Å²) in [7, 11) is -1.68. The molecule has 24 nitrogen and oxygen atoms in total. The van der Waals surface area contributed by atoms with Gasteiger partial charge < -0.3 is 28.4 Å². The molecule has 2 aliphatic rings. The van der Waals surface area contributed by atoms with E-state index in [2.05, 4.69) is 60.3 Å². The van der Waals surface area contributed by atoms with Crippen molar-refractivity contribution >= 4 is 42.9 Å². The van der Waals surface area contributed by atoms with E-state index in [9.17, 15) is 16.8 Å². The Balaban J connectivity index is 0.000000216. The van der Waals surface area contributed by atoms with Crippen molar-refractivity contribution < 1.29 is 45.3 Å². The molecule has 0 unspecified atom stereocenters. The van der Waals surface area contributed by atoms with Gasteiger partial charge in [0.2, 0.25) is 23.5 Å². The van der Waals surface area contributed by atoms with Crippen LogP contribution >= 0.6 is 23.2 Å². The van der Waals surface area contributed by atoms with Crippen LogP contribution in [0.1, 0.15) is 127 Å². The minimum atomic E-state index is -3.76. The maximum absolute atomic E-state index is 13.6. The monoisotopic (exact) mass is 1100 g/mol. The molecule has 2 aliphatic heterocycles. The van der Waals surface area contributed by atoms with Gasteiger partial charge in [0.1, 0.15) is 47.5 Å². The van der Waals surface area contributed by atoms with Gasteiger partial charge >= 0.3 is 0 Å². The summed E-state index contributed by atoms with van der Waals surface area (Å²) in [6.07, 6.45) is 9.72. The van der Waals surface area contributed by atoms with Gasteiger partial charge in [0.05, 0.1) is 73.4 Å². The number of hydrogen-bond donors (Lipinski definition) is 0. The highest BCUT2D eigenvalue weighted by molar-refractivity contribution is 7.91. The summed E-state index contributed by atoms with van der Waals surface area (Å²) in [6, 6.07) is 0. The highest BCUT2D eigenvalue weighted by atomic mass is 35.5. The van der Waals surface area contributed by atoms with Crippen LogP contribution in [0, 0.1) is 0 Å². The van der Waals surface area contributed by atoms with Crippen molar-refractivity contribution in [2.45, 2.75) is 125 Å². The number of halogens is 2. The third kappa shape index (κ3) is 12.1. The van der Waals surface area contributed by atoms with Crippen LogP contribution in [0.3, 0.4) is 0 Å². The van der Waals surface area contributed by atoms with Crippen molar-refractivity contribution in [1.82, 2.24) is 69.4 Å². The minimum Gasteiger partial charge on any atom is -0.479 e. The van der Waals surface area contributed by atoms with Gasteiger partial charge in [-0.15, -0.1) is 20.4 Å². The second-order valence-corrected chi connectivity index (χ2v) is 24.8. The summed E-state index contributed by atoms with van der Waals surface area (Å²) in [5, 5.41) is 16.5. The van der Waals surface area contributed by atoms with Gasteiger partial charge in [-0.2, -0.15) is 19.9 Å². The van der Waals surface area contributed by atoms with E-state index in [-0.39, 0.29) is 58.2 Å². The molecule has 6 aromatic heterocycles. The molecule has 400 valence electrons. The molecule has 0 radical (unpaired) electrons. The summed E-state index contributed by atoms with van der Waals surface area (Å²) >= 11 is 11.8. The van der Waals surface area contributed by atoms with Gasteiger partial charge in [0, 0.05) is 48.5 Å². The average Bonchev–Trinajstić information content (AvgIpc) is 4.17. The fourth-order valence-electron chi connectivity index (χ4n) is 8.72. The van der Waals surface area contributed by atoms with E-state index in [0.717, 1.165) is 0 Å². The lowest BCUT2D eigenvalue weighted by Crippen LogP contribution is -2.27. The molecule has 0 N–H and O–H groups in total. The number of aromatic nitrogens is 14. The largest absolute Gasteiger partial charge is 0.479 e. The molecule has 0 aliphatic carbocycles. The Bertz CT molecular complexity index is 2890. The summed E-state index contributed by atoms with van der Waals surface area (Å²) in [4.78, 5) is 33.6. The Morgan fingerprint density at radius 1 is 0.554 bits per heavy atom. The molecule has 0 aromatic carbocycles. The van der Waals surface area contributed by atoms with Crippen molar-refractivity contribution in [3.8, 4) is 34.9 Å². The van der Waals surface area contributed by atoms with Crippen molar-refractivity contribution in [2.75, 3.05) is 41.7 Å². The normalized spacial score (nSPS) is 18.9. The molecule has 28 heteroatoms. The van der Waals surface area contributed by atoms with Crippen molar-refractivity contribution in [3.63, 3.8) is 0 Å². The quantitative estimate of drug-likeness (QED) is 0.0980. The molecule has 6 atom stereocenters. The Labute approximate surface area is 439 Å². The Morgan fingerprint density at radius 3 is 1.14 bits per heavy atom. The summed E-state index contributed by atoms with van der Waals surface area (Å²) < 4.78 is 91.6. The molecule has 8 heterocycles. The lowest BCUT2D eigenvalue weighted by atomic mass is 9.97. The zero-order valence-electron chi connectivity index (χ0n) is 43.1. The Kier molecular flexibility index (Phi) is 17.1. The van der Waals surface area contributed by atoms with Gasteiger partial charge in [0.15, 0.2) is 42.7 Å². The SMILES string of the molecule is COc1ncnc(OC)c1-n1c(CS(=O)(=O)[C@@H](C)[C@H](C)c2ncc(Cl)cn2)nnc1[C@@H]1COC(C)(C)C1.COc1ncnc(OC)c1-n1c(CS(=O)(=O)[C@@H](C)[C@H](C)c2ncc(Cl)cn2)nnc1[C@H]1COC(C)(C)C1. The van der Waals surface area contributed by atoms with Crippen molar-refractivity contribution in [1.29, 1.82) is 0 Å². The Morgan fingerprint density at radius 2 is 0.865 bits per heavy atom. The third-order valence-electron chi connectivity index (χ3n) is 13.1. The molecule has 0 saturated carbocycles. The number of hydrogen-bond acceptors (Lipinski definition) is 22. The second kappa shape index (κ2) is 22.6. The molecule has 2 saturated heterocycles. The lowest BCUT2D eigenvalue weighted by molar-refractivity contribution is 0.0356. The first-order chi connectivity index (χ1) is 34.9. The average molecular weight is 1100 g/mol. The molecule has 8 rings (SSSR count). The number of rotatable bonds is 18.